The van der Waals surface area contributed by atoms with E-state index in [9.17, 15) is 4.79 Å². The largest absolute Gasteiger partial charge is 0.466 e. The van der Waals surface area contributed by atoms with Gasteiger partial charge in [0.25, 0.3) is 0 Å². The highest BCUT2D eigenvalue weighted by Crippen LogP contribution is 2.47. The molecule has 2 aromatic rings. The molecule has 2 fully saturated rings. The van der Waals surface area contributed by atoms with Crippen LogP contribution in [0, 0.1) is 11.8 Å². The minimum Gasteiger partial charge on any atom is -0.466 e. The number of fused-ring (bicyclic) bond motifs is 1. The van der Waals surface area contributed by atoms with Crippen LogP contribution < -0.4 is 10.2 Å². The van der Waals surface area contributed by atoms with Crippen molar-refractivity contribution in [1.82, 2.24) is 10.3 Å². The molecule has 2 atom stereocenters. The molecular weight excluding hydrogens is 454 g/mol. The zero-order chi connectivity index (χ0) is 24.8. The SMILES string of the molecule is CCOC(=O)C1CC1CNC1CCN(c2nc(-c3ccc4c(c3)C(C)(C)CCC4(C)C)cs2)CC1. The van der Waals surface area contributed by atoms with Crippen LogP contribution >= 0.6 is 11.3 Å². The summed E-state index contributed by atoms with van der Waals surface area (Å²) < 4.78 is 5.15. The third kappa shape index (κ3) is 5.15. The maximum Gasteiger partial charge on any atom is 0.309 e. The van der Waals surface area contributed by atoms with Crippen LogP contribution in [0.15, 0.2) is 23.6 Å². The van der Waals surface area contributed by atoms with Crippen molar-refractivity contribution in [2.45, 2.75) is 83.6 Å². The minimum absolute atomic E-state index is 0.0140. The van der Waals surface area contributed by atoms with E-state index < -0.39 is 0 Å². The zero-order valence-corrected chi connectivity index (χ0v) is 22.8. The Morgan fingerprint density at radius 3 is 2.57 bits per heavy atom. The Bertz CT molecular complexity index is 1070. The van der Waals surface area contributed by atoms with Gasteiger partial charge in [-0.05, 0) is 79.5 Å². The van der Waals surface area contributed by atoms with E-state index in [1.807, 2.05) is 6.92 Å². The molecule has 35 heavy (non-hydrogen) atoms. The quantitative estimate of drug-likeness (QED) is 0.484. The highest BCUT2D eigenvalue weighted by Gasteiger charge is 2.44. The van der Waals surface area contributed by atoms with Gasteiger partial charge < -0.3 is 15.0 Å². The molecule has 1 aromatic carbocycles. The number of carbonyl (C=O) groups is 1. The average molecular weight is 496 g/mol. The first-order valence-corrected chi connectivity index (χ1v) is 14.3. The number of benzene rings is 1. The number of carbonyl (C=O) groups excluding carboxylic acids is 1. The second-order valence-corrected chi connectivity index (χ2v) is 12.9. The molecule has 1 saturated carbocycles. The molecule has 5 nitrogen and oxygen atoms in total. The summed E-state index contributed by atoms with van der Waals surface area (Å²) in [6.45, 7) is 14.9. The third-order valence-electron chi connectivity index (χ3n) is 8.59. The second kappa shape index (κ2) is 9.51. The van der Waals surface area contributed by atoms with Crippen molar-refractivity contribution in [1.29, 1.82) is 0 Å². The molecule has 1 aliphatic heterocycles. The van der Waals surface area contributed by atoms with Crippen molar-refractivity contribution in [3.8, 4) is 11.3 Å². The molecule has 6 heteroatoms. The van der Waals surface area contributed by atoms with Crippen molar-refractivity contribution in [3.63, 3.8) is 0 Å². The topological polar surface area (TPSA) is 54.5 Å². The van der Waals surface area contributed by atoms with Crippen LogP contribution in [0.5, 0.6) is 0 Å². The predicted octanol–water partition coefficient (Wildman–Crippen LogP) is 5.92. The van der Waals surface area contributed by atoms with Crippen molar-refractivity contribution in [3.05, 3.63) is 34.7 Å². The number of hydrogen-bond acceptors (Lipinski definition) is 6. The normalized spacial score (nSPS) is 25.2. The molecule has 190 valence electrons. The number of ether oxygens (including phenoxy) is 1. The Hall–Kier alpha value is -1.92. The van der Waals surface area contributed by atoms with E-state index in [-0.39, 0.29) is 22.7 Å². The smallest absolute Gasteiger partial charge is 0.309 e. The van der Waals surface area contributed by atoms with Gasteiger partial charge in [0, 0.05) is 30.1 Å². The van der Waals surface area contributed by atoms with Gasteiger partial charge in [0.05, 0.1) is 18.2 Å². The highest BCUT2D eigenvalue weighted by atomic mass is 32.1. The lowest BCUT2D eigenvalue weighted by atomic mass is 9.63. The summed E-state index contributed by atoms with van der Waals surface area (Å²) in [4.78, 5) is 19.3. The fraction of sp³-hybridized carbons (Fsp3) is 0.655. The van der Waals surface area contributed by atoms with Crippen molar-refractivity contribution >= 4 is 22.4 Å². The molecule has 0 amide bonds. The van der Waals surface area contributed by atoms with Gasteiger partial charge in [0.15, 0.2) is 5.13 Å². The Balaban J connectivity index is 1.17. The molecule has 3 aliphatic rings. The van der Waals surface area contributed by atoms with E-state index >= 15 is 0 Å². The Morgan fingerprint density at radius 1 is 1.14 bits per heavy atom. The number of anilines is 1. The Kier molecular flexibility index (Phi) is 6.73. The summed E-state index contributed by atoms with van der Waals surface area (Å²) >= 11 is 1.77. The number of nitrogens with zero attached hydrogens (tertiary/aromatic N) is 2. The number of thiazole rings is 1. The van der Waals surface area contributed by atoms with E-state index in [1.165, 1.54) is 29.5 Å². The van der Waals surface area contributed by atoms with E-state index in [4.69, 9.17) is 9.72 Å². The van der Waals surface area contributed by atoms with Crippen molar-refractivity contribution in [2.75, 3.05) is 31.1 Å². The van der Waals surface area contributed by atoms with Gasteiger partial charge in [-0.1, -0.05) is 39.8 Å². The van der Waals surface area contributed by atoms with Gasteiger partial charge in [0.2, 0.25) is 0 Å². The first-order chi connectivity index (χ1) is 16.7. The van der Waals surface area contributed by atoms with Gasteiger partial charge in [-0.2, -0.15) is 0 Å². The first-order valence-electron chi connectivity index (χ1n) is 13.4. The van der Waals surface area contributed by atoms with E-state index in [1.54, 1.807) is 11.3 Å². The molecule has 0 spiro atoms. The van der Waals surface area contributed by atoms with Crippen molar-refractivity contribution in [2.24, 2.45) is 11.8 Å². The van der Waals surface area contributed by atoms with Gasteiger partial charge in [-0.25, -0.2) is 4.98 Å². The summed E-state index contributed by atoms with van der Waals surface area (Å²) in [7, 11) is 0. The van der Waals surface area contributed by atoms with E-state index in [2.05, 4.69) is 61.5 Å². The number of hydrogen-bond donors (Lipinski definition) is 1. The fourth-order valence-corrected chi connectivity index (χ4v) is 6.78. The van der Waals surface area contributed by atoms with Crippen LogP contribution in [0.2, 0.25) is 0 Å². The number of esters is 1. The van der Waals surface area contributed by atoms with Gasteiger partial charge in [-0.3, -0.25) is 4.79 Å². The summed E-state index contributed by atoms with van der Waals surface area (Å²) in [6, 6.07) is 7.57. The van der Waals surface area contributed by atoms with Gasteiger partial charge in [-0.15, -0.1) is 11.3 Å². The summed E-state index contributed by atoms with van der Waals surface area (Å²) in [5.74, 6) is 0.567. The molecule has 1 aromatic heterocycles. The lowest BCUT2D eigenvalue weighted by Gasteiger charge is -2.42. The van der Waals surface area contributed by atoms with Crippen LogP contribution in [0.3, 0.4) is 0 Å². The lowest BCUT2D eigenvalue weighted by molar-refractivity contribution is -0.145. The Morgan fingerprint density at radius 2 is 1.86 bits per heavy atom. The number of rotatable bonds is 7. The van der Waals surface area contributed by atoms with Crippen LogP contribution in [-0.2, 0) is 20.4 Å². The maximum absolute atomic E-state index is 11.8. The third-order valence-corrected chi connectivity index (χ3v) is 9.49. The van der Waals surface area contributed by atoms with E-state index in [0.717, 1.165) is 49.7 Å². The number of aromatic nitrogens is 1. The van der Waals surface area contributed by atoms with Crippen LogP contribution in [-0.4, -0.2) is 43.2 Å². The summed E-state index contributed by atoms with van der Waals surface area (Å²) in [6.07, 6.45) is 5.68. The summed E-state index contributed by atoms with van der Waals surface area (Å²) in [5, 5.41) is 7.07. The highest BCUT2D eigenvalue weighted by molar-refractivity contribution is 7.14. The molecule has 1 N–H and O–H groups in total. The average Bonchev–Trinajstić information content (AvgIpc) is 3.46. The predicted molar refractivity (Wildman–Crippen MR) is 144 cm³/mol. The second-order valence-electron chi connectivity index (χ2n) is 12.1. The standard InChI is InChI=1S/C29H41N3O2S/c1-6-34-26(33)22-15-20(22)17-30-21-9-13-32(14-10-21)27-31-25(18-35-27)19-7-8-23-24(16-19)29(4,5)12-11-28(23,2)3/h7-8,16,18,20-22,30H,6,9-15,17H2,1-5H3. The molecule has 1 saturated heterocycles. The molecule has 2 unspecified atom stereocenters. The van der Waals surface area contributed by atoms with E-state index in [0.29, 0.717) is 18.6 Å². The number of nitrogens with one attached hydrogen (secondary N) is 1. The van der Waals surface area contributed by atoms with Gasteiger partial charge in [0.1, 0.15) is 0 Å². The van der Waals surface area contributed by atoms with Crippen molar-refractivity contribution < 1.29 is 9.53 Å². The summed E-state index contributed by atoms with van der Waals surface area (Å²) in [5.41, 5.74) is 5.80. The lowest BCUT2D eigenvalue weighted by Crippen LogP contribution is -2.43. The molecule has 0 bridgehead atoms. The monoisotopic (exact) mass is 495 g/mol. The molecule has 2 heterocycles. The Labute approximate surface area is 214 Å². The fourth-order valence-electron chi connectivity index (χ4n) is 5.89. The van der Waals surface area contributed by atoms with Crippen LogP contribution in [0.25, 0.3) is 11.3 Å². The minimum atomic E-state index is -0.0140. The first kappa shape index (κ1) is 24.8. The number of piperidine rings is 1. The molecular formula is C29H41N3O2S. The van der Waals surface area contributed by atoms with Gasteiger partial charge >= 0.3 is 5.97 Å². The zero-order valence-electron chi connectivity index (χ0n) is 22.0. The molecule has 2 aliphatic carbocycles. The maximum atomic E-state index is 11.8. The molecule has 0 radical (unpaired) electrons. The van der Waals surface area contributed by atoms with Crippen LogP contribution in [0.4, 0.5) is 5.13 Å². The molecule has 5 rings (SSSR count). The van der Waals surface area contributed by atoms with Crippen LogP contribution in [0.1, 0.15) is 77.8 Å².